The van der Waals surface area contributed by atoms with Gasteiger partial charge in [0, 0.05) is 25.7 Å². The fourth-order valence-electron chi connectivity index (χ4n) is 12.8. The zero-order chi connectivity index (χ0) is 75.1. The fourth-order valence-corrected chi connectivity index (χ4v) is 14.4. The first-order chi connectivity index (χ1) is 49.3. The second kappa shape index (κ2) is 73.2. The van der Waals surface area contributed by atoms with Gasteiger partial charge in [0.2, 0.25) is 0 Å². The van der Waals surface area contributed by atoms with Crippen molar-refractivity contribution >= 4 is 39.5 Å². The summed E-state index contributed by atoms with van der Waals surface area (Å²) in [4.78, 5) is 73.1. The molecule has 0 aliphatic carbocycles. The maximum Gasteiger partial charge on any atom is 0.472 e. The molecular formula is C83H162O17P2. The molecule has 0 saturated heterocycles. The second-order valence-corrected chi connectivity index (χ2v) is 33.7. The molecule has 19 heteroatoms. The highest BCUT2D eigenvalue weighted by Crippen LogP contribution is 2.45. The topological polar surface area (TPSA) is 237 Å². The van der Waals surface area contributed by atoms with Crippen LogP contribution in [0.25, 0.3) is 0 Å². The van der Waals surface area contributed by atoms with Crippen LogP contribution in [0.15, 0.2) is 0 Å². The van der Waals surface area contributed by atoms with Gasteiger partial charge in [-0.2, -0.15) is 0 Å². The van der Waals surface area contributed by atoms with Crippen LogP contribution in [-0.4, -0.2) is 96.7 Å². The molecule has 0 aliphatic heterocycles. The van der Waals surface area contributed by atoms with Gasteiger partial charge in [-0.1, -0.05) is 382 Å². The second-order valence-electron chi connectivity index (χ2n) is 30.8. The summed E-state index contributed by atoms with van der Waals surface area (Å²) < 4.78 is 68.8. The minimum Gasteiger partial charge on any atom is -0.462 e. The lowest BCUT2D eigenvalue weighted by Crippen LogP contribution is -2.30. The lowest BCUT2D eigenvalue weighted by molar-refractivity contribution is -0.161. The van der Waals surface area contributed by atoms with Gasteiger partial charge in [0.1, 0.15) is 19.3 Å². The van der Waals surface area contributed by atoms with Crippen LogP contribution >= 0.6 is 15.6 Å². The van der Waals surface area contributed by atoms with E-state index in [1.807, 2.05) is 0 Å². The fraction of sp³-hybridized carbons (Fsp3) is 0.952. The lowest BCUT2D eigenvalue weighted by atomic mass is 9.99. The molecule has 17 nitrogen and oxygen atoms in total. The van der Waals surface area contributed by atoms with E-state index in [4.69, 9.17) is 37.0 Å². The first-order valence-electron chi connectivity index (χ1n) is 42.9. The maximum absolute atomic E-state index is 13.1. The van der Waals surface area contributed by atoms with Crippen LogP contribution < -0.4 is 0 Å². The highest BCUT2D eigenvalue weighted by molar-refractivity contribution is 7.47. The Labute approximate surface area is 626 Å². The van der Waals surface area contributed by atoms with Crippen molar-refractivity contribution in [3.8, 4) is 0 Å². The van der Waals surface area contributed by atoms with Gasteiger partial charge in [0.15, 0.2) is 12.2 Å². The van der Waals surface area contributed by atoms with Crippen molar-refractivity contribution < 1.29 is 80.2 Å². The predicted molar refractivity (Wildman–Crippen MR) is 418 cm³/mol. The van der Waals surface area contributed by atoms with Gasteiger partial charge in [-0.25, -0.2) is 9.13 Å². The van der Waals surface area contributed by atoms with Crippen LogP contribution in [0.2, 0.25) is 0 Å². The van der Waals surface area contributed by atoms with Crippen LogP contribution in [-0.2, 0) is 65.4 Å². The summed E-state index contributed by atoms with van der Waals surface area (Å²) in [7, 11) is -9.93. The summed E-state index contributed by atoms with van der Waals surface area (Å²) in [6.07, 6.45) is 62.3. The Kier molecular flexibility index (Phi) is 71.8. The number of hydrogen-bond donors (Lipinski definition) is 3. The number of unbranched alkanes of at least 4 members (excludes halogenated alkanes) is 47. The van der Waals surface area contributed by atoms with E-state index in [0.717, 1.165) is 108 Å². The number of phosphoric ester groups is 2. The summed E-state index contributed by atoms with van der Waals surface area (Å²) in [6.45, 7) is 12.0. The molecule has 0 fully saturated rings. The normalized spacial score (nSPS) is 14.5. The minimum atomic E-state index is -4.96. The van der Waals surface area contributed by atoms with Crippen molar-refractivity contribution in [3.63, 3.8) is 0 Å². The first kappa shape index (κ1) is 100. The number of phosphoric acid groups is 2. The molecule has 0 radical (unpaired) electrons. The molecule has 0 aliphatic rings. The molecule has 4 unspecified atom stereocenters. The molecule has 102 heavy (non-hydrogen) atoms. The number of ether oxygens (including phenoxy) is 4. The van der Waals surface area contributed by atoms with Gasteiger partial charge in [-0.15, -0.1) is 0 Å². The third-order valence-electron chi connectivity index (χ3n) is 20.1. The van der Waals surface area contributed by atoms with Crippen LogP contribution in [0.4, 0.5) is 0 Å². The Morgan fingerprint density at radius 2 is 0.500 bits per heavy atom. The highest BCUT2D eigenvalue weighted by atomic mass is 31.2. The molecule has 0 aromatic carbocycles. The Bertz CT molecular complexity index is 1980. The van der Waals surface area contributed by atoms with Gasteiger partial charge >= 0.3 is 39.5 Å². The van der Waals surface area contributed by atoms with E-state index < -0.39 is 97.5 Å². The lowest BCUT2D eigenvalue weighted by Gasteiger charge is -2.21. The summed E-state index contributed by atoms with van der Waals surface area (Å²) in [6, 6.07) is 0. The molecule has 0 amide bonds. The number of aliphatic hydroxyl groups excluding tert-OH is 1. The summed E-state index contributed by atoms with van der Waals surface area (Å²) in [5, 5.41) is 10.7. The predicted octanol–water partition coefficient (Wildman–Crippen LogP) is 24.9. The van der Waals surface area contributed by atoms with Crippen molar-refractivity contribution in [3.05, 3.63) is 0 Å². The molecule has 0 saturated carbocycles. The van der Waals surface area contributed by atoms with E-state index in [1.54, 1.807) is 0 Å². The SMILES string of the molecule is CCCCCCCCCCCCCCCCCCCCCCCC(=O)O[C@H](COC(=O)CCCCCCCCCCCCC(C)CC)COP(=O)(O)OC[C@@H](O)COP(=O)(O)OC[C@@H](COC(=O)CCCCCCCCCCCCC(C)C)OC(=O)CCCCCCCCCCCCC(C)CC. The highest BCUT2D eigenvalue weighted by Gasteiger charge is 2.30. The number of aliphatic hydroxyl groups is 1. The van der Waals surface area contributed by atoms with Crippen LogP contribution in [0.3, 0.4) is 0 Å². The Hall–Kier alpha value is -1.94. The molecule has 0 spiro atoms. The molecule has 606 valence electrons. The third-order valence-corrected chi connectivity index (χ3v) is 22.0. The number of carbonyl (C=O) groups excluding carboxylic acids is 4. The number of rotatable bonds is 81. The Balaban J connectivity index is 5.25. The van der Waals surface area contributed by atoms with E-state index in [9.17, 15) is 43.2 Å². The molecular weight excluding hydrogens is 1330 g/mol. The van der Waals surface area contributed by atoms with E-state index in [2.05, 4.69) is 48.5 Å². The van der Waals surface area contributed by atoms with Gasteiger partial charge < -0.3 is 33.8 Å². The van der Waals surface area contributed by atoms with Crippen molar-refractivity contribution in [2.75, 3.05) is 39.6 Å². The zero-order valence-electron chi connectivity index (χ0n) is 67.1. The zero-order valence-corrected chi connectivity index (χ0v) is 68.9. The molecule has 3 N–H and O–H groups in total. The van der Waals surface area contributed by atoms with Crippen LogP contribution in [0.5, 0.6) is 0 Å². The van der Waals surface area contributed by atoms with Gasteiger partial charge in [0.25, 0.3) is 0 Å². The molecule has 0 aromatic heterocycles. The Morgan fingerprint density at radius 3 is 0.745 bits per heavy atom. The van der Waals surface area contributed by atoms with E-state index in [0.29, 0.717) is 25.7 Å². The van der Waals surface area contributed by atoms with Crippen molar-refractivity contribution in [2.24, 2.45) is 17.8 Å². The van der Waals surface area contributed by atoms with Crippen molar-refractivity contribution in [2.45, 2.75) is 452 Å². The van der Waals surface area contributed by atoms with Gasteiger partial charge in [0.05, 0.1) is 26.4 Å². The molecule has 7 atom stereocenters. The average molecular weight is 1490 g/mol. The summed E-state index contributed by atoms with van der Waals surface area (Å²) >= 11 is 0. The smallest absolute Gasteiger partial charge is 0.462 e. The van der Waals surface area contributed by atoms with Gasteiger partial charge in [-0.05, 0) is 43.4 Å². The molecule has 0 rings (SSSR count). The minimum absolute atomic E-state index is 0.106. The summed E-state index contributed by atoms with van der Waals surface area (Å²) in [5.41, 5.74) is 0. The van der Waals surface area contributed by atoms with Crippen LogP contribution in [0.1, 0.15) is 434 Å². The number of hydrogen-bond acceptors (Lipinski definition) is 15. The summed E-state index contributed by atoms with van der Waals surface area (Å²) in [5.74, 6) is 0.262. The van der Waals surface area contributed by atoms with E-state index in [1.165, 1.54) is 244 Å². The van der Waals surface area contributed by atoms with Crippen molar-refractivity contribution in [1.29, 1.82) is 0 Å². The van der Waals surface area contributed by atoms with Gasteiger partial charge in [-0.3, -0.25) is 37.3 Å². The first-order valence-corrected chi connectivity index (χ1v) is 45.9. The molecule has 0 aromatic rings. The average Bonchev–Trinajstić information content (AvgIpc) is 0.965. The van der Waals surface area contributed by atoms with E-state index in [-0.39, 0.29) is 25.7 Å². The third kappa shape index (κ3) is 73.6. The monoisotopic (exact) mass is 1490 g/mol. The molecule has 0 heterocycles. The Morgan fingerprint density at radius 1 is 0.284 bits per heavy atom. The maximum atomic E-state index is 13.1. The quantitative estimate of drug-likeness (QED) is 0.0222. The number of esters is 4. The van der Waals surface area contributed by atoms with Crippen molar-refractivity contribution in [1.82, 2.24) is 0 Å². The largest absolute Gasteiger partial charge is 0.472 e. The molecule has 0 bridgehead atoms. The number of carbonyl (C=O) groups is 4. The van der Waals surface area contributed by atoms with E-state index >= 15 is 0 Å². The van der Waals surface area contributed by atoms with Crippen LogP contribution in [0, 0.1) is 17.8 Å². The standard InChI is InChI=1S/C83H162O17P2/c1-8-11-12-13-14-15-16-17-18-19-20-21-22-23-24-25-26-38-45-52-59-66-82(87)99-78(70-94-81(86)65-58-51-44-37-31-28-34-41-48-55-62-75(6)9-2)72-97-101(89,90)95-68-77(84)69-96-102(91,92)98-73-79(71-93-80(85)64-57-50-43-36-30-27-33-40-47-54-61-74(4)5)100-83(88)67-60-53-46-39-32-29-35-42-49-56-63-76(7)10-3/h74-79,84H,8-73H2,1-7H3,(H,89,90)(H,91,92)/t75?,76?,77-,78-,79-/m1/s1.